The fraction of sp³-hybridized carbons (Fsp3) is 0.923. The Kier molecular flexibility index (Phi) is 6.43. The lowest BCUT2D eigenvalue weighted by Crippen LogP contribution is -2.32. The van der Waals surface area contributed by atoms with E-state index in [0.29, 0.717) is 11.8 Å². The molecule has 0 aromatic heterocycles. The third kappa shape index (κ3) is 5.23. The van der Waals surface area contributed by atoms with Gasteiger partial charge in [0.05, 0.1) is 6.61 Å². The van der Waals surface area contributed by atoms with E-state index in [2.05, 4.69) is 10.5 Å². The van der Waals surface area contributed by atoms with Crippen molar-refractivity contribution in [3.8, 4) is 0 Å². The Hall–Kier alpha value is -0.810. The van der Waals surface area contributed by atoms with Crippen LogP contribution in [0.25, 0.3) is 0 Å². The molecule has 0 amide bonds. The number of unbranched alkanes of at least 4 members (excludes halogenated alkanes) is 1. The Balaban J connectivity index is 2.01. The van der Waals surface area contributed by atoms with Crippen LogP contribution in [0.15, 0.2) is 5.16 Å². The SMILES string of the molecule is CC(C)(CCCCNCC1CCOC1)C(N)=NO. The molecule has 0 saturated carbocycles. The van der Waals surface area contributed by atoms with Gasteiger partial charge in [0.25, 0.3) is 0 Å². The molecule has 0 bridgehead atoms. The molecule has 0 aromatic carbocycles. The van der Waals surface area contributed by atoms with Crippen LogP contribution in [-0.2, 0) is 4.74 Å². The number of hydrogen-bond acceptors (Lipinski definition) is 4. The van der Waals surface area contributed by atoms with E-state index in [0.717, 1.165) is 45.6 Å². The monoisotopic (exact) mass is 257 g/mol. The number of oxime groups is 1. The molecule has 0 aliphatic carbocycles. The van der Waals surface area contributed by atoms with Crippen LogP contribution >= 0.6 is 0 Å². The van der Waals surface area contributed by atoms with Crippen molar-refractivity contribution >= 4 is 5.84 Å². The van der Waals surface area contributed by atoms with Gasteiger partial charge in [-0.25, -0.2) is 0 Å². The van der Waals surface area contributed by atoms with Crippen LogP contribution in [0, 0.1) is 11.3 Å². The maximum Gasteiger partial charge on any atom is 0.144 e. The highest BCUT2D eigenvalue weighted by Crippen LogP contribution is 2.23. The number of nitrogens with one attached hydrogen (secondary N) is 1. The summed E-state index contributed by atoms with van der Waals surface area (Å²) in [6.07, 6.45) is 4.33. The molecule has 0 radical (unpaired) electrons. The predicted octanol–water partition coefficient (Wildman–Crippen LogP) is 1.56. The van der Waals surface area contributed by atoms with E-state index in [1.54, 1.807) is 0 Å². The van der Waals surface area contributed by atoms with Gasteiger partial charge in [0.15, 0.2) is 0 Å². The number of nitrogens with two attached hydrogens (primary N) is 1. The highest BCUT2D eigenvalue weighted by Gasteiger charge is 2.22. The summed E-state index contributed by atoms with van der Waals surface area (Å²) >= 11 is 0. The molecule has 0 aromatic rings. The van der Waals surface area contributed by atoms with Crippen molar-refractivity contribution in [3.63, 3.8) is 0 Å². The summed E-state index contributed by atoms with van der Waals surface area (Å²) in [6.45, 7) is 7.92. The van der Waals surface area contributed by atoms with Gasteiger partial charge >= 0.3 is 0 Å². The number of rotatable bonds is 8. The first-order valence-corrected chi connectivity index (χ1v) is 6.83. The lowest BCUT2D eigenvalue weighted by atomic mass is 9.86. The molecule has 1 heterocycles. The molecule has 1 aliphatic rings. The van der Waals surface area contributed by atoms with Crippen molar-refractivity contribution in [1.82, 2.24) is 5.32 Å². The second kappa shape index (κ2) is 7.59. The summed E-state index contributed by atoms with van der Waals surface area (Å²) in [4.78, 5) is 0. The molecule has 1 rings (SSSR count). The average Bonchev–Trinajstić information content (AvgIpc) is 2.85. The second-order valence-electron chi connectivity index (χ2n) is 5.76. The Bertz CT molecular complexity index is 261. The second-order valence-corrected chi connectivity index (χ2v) is 5.76. The van der Waals surface area contributed by atoms with Crippen LogP contribution in [0.5, 0.6) is 0 Å². The first-order chi connectivity index (χ1) is 8.56. The third-order valence-electron chi connectivity index (χ3n) is 3.66. The third-order valence-corrected chi connectivity index (χ3v) is 3.66. The lowest BCUT2D eigenvalue weighted by Gasteiger charge is -2.22. The van der Waals surface area contributed by atoms with E-state index in [1.807, 2.05) is 13.8 Å². The topological polar surface area (TPSA) is 79.9 Å². The quantitative estimate of drug-likeness (QED) is 0.203. The zero-order valence-electron chi connectivity index (χ0n) is 11.6. The van der Waals surface area contributed by atoms with Crippen molar-refractivity contribution in [2.24, 2.45) is 22.2 Å². The predicted molar refractivity (Wildman–Crippen MR) is 72.8 cm³/mol. The number of ether oxygens (including phenoxy) is 1. The first kappa shape index (κ1) is 15.2. The summed E-state index contributed by atoms with van der Waals surface area (Å²) < 4.78 is 5.33. The molecule has 1 aliphatic heterocycles. The molecule has 1 saturated heterocycles. The van der Waals surface area contributed by atoms with Gasteiger partial charge in [0.1, 0.15) is 5.84 Å². The van der Waals surface area contributed by atoms with Crippen molar-refractivity contribution < 1.29 is 9.94 Å². The van der Waals surface area contributed by atoms with Crippen molar-refractivity contribution in [2.45, 2.75) is 39.5 Å². The lowest BCUT2D eigenvalue weighted by molar-refractivity contribution is 0.185. The van der Waals surface area contributed by atoms with E-state index in [4.69, 9.17) is 15.7 Å². The van der Waals surface area contributed by atoms with Crippen molar-refractivity contribution in [1.29, 1.82) is 0 Å². The standard InChI is InChI=1S/C13H27N3O2/c1-13(2,12(14)16-17)6-3-4-7-15-9-11-5-8-18-10-11/h11,15,17H,3-10H2,1-2H3,(H2,14,16). The Labute approximate surface area is 110 Å². The zero-order chi connectivity index (χ0) is 13.4. The van der Waals surface area contributed by atoms with Crippen molar-refractivity contribution in [2.75, 3.05) is 26.3 Å². The highest BCUT2D eigenvalue weighted by atomic mass is 16.5. The highest BCUT2D eigenvalue weighted by molar-refractivity contribution is 5.85. The number of hydrogen-bond donors (Lipinski definition) is 3. The van der Waals surface area contributed by atoms with E-state index in [-0.39, 0.29) is 5.41 Å². The van der Waals surface area contributed by atoms with Gasteiger partial charge in [0, 0.05) is 18.6 Å². The molecule has 1 fully saturated rings. The minimum atomic E-state index is -0.214. The molecule has 18 heavy (non-hydrogen) atoms. The Morgan fingerprint density at radius 1 is 1.50 bits per heavy atom. The van der Waals surface area contributed by atoms with Crippen LogP contribution in [0.4, 0.5) is 0 Å². The van der Waals surface area contributed by atoms with E-state index in [9.17, 15) is 0 Å². The summed E-state index contributed by atoms with van der Waals surface area (Å²) in [5.74, 6) is 1.01. The first-order valence-electron chi connectivity index (χ1n) is 6.83. The van der Waals surface area contributed by atoms with Crippen molar-refractivity contribution in [3.05, 3.63) is 0 Å². The van der Waals surface area contributed by atoms with Gasteiger partial charge in [-0.1, -0.05) is 25.4 Å². The minimum Gasteiger partial charge on any atom is -0.409 e. The van der Waals surface area contributed by atoms with Gasteiger partial charge in [-0.05, 0) is 31.7 Å². The summed E-state index contributed by atoms with van der Waals surface area (Å²) in [6, 6.07) is 0. The Morgan fingerprint density at radius 3 is 2.89 bits per heavy atom. The maximum atomic E-state index is 8.67. The Morgan fingerprint density at radius 2 is 2.28 bits per heavy atom. The fourth-order valence-corrected chi connectivity index (χ4v) is 2.13. The molecule has 5 heteroatoms. The van der Waals surface area contributed by atoms with Gasteiger partial charge < -0.3 is 21.0 Å². The minimum absolute atomic E-state index is 0.214. The number of nitrogens with zero attached hydrogens (tertiary/aromatic N) is 1. The van der Waals surface area contributed by atoms with Gasteiger partial charge in [-0.2, -0.15) is 0 Å². The molecule has 106 valence electrons. The summed E-state index contributed by atoms with van der Waals surface area (Å²) in [5.41, 5.74) is 5.43. The van der Waals surface area contributed by atoms with Crippen LogP contribution in [0.1, 0.15) is 39.5 Å². The van der Waals surface area contributed by atoms with Crippen LogP contribution in [0.3, 0.4) is 0 Å². The fourth-order valence-electron chi connectivity index (χ4n) is 2.13. The molecule has 1 unspecified atom stereocenters. The van der Waals surface area contributed by atoms with Crippen LogP contribution in [-0.4, -0.2) is 37.3 Å². The van der Waals surface area contributed by atoms with E-state index >= 15 is 0 Å². The zero-order valence-corrected chi connectivity index (χ0v) is 11.6. The largest absolute Gasteiger partial charge is 0.409 e. The normalized spacial score (nSPS) is 21.4. The van der Waals surface area contributed by atoms with E-state index in [1.165, 1.54) is 6.42 Å². The average molecular weight is 257 g/mol. The molecule has 1 atom stereocenters. The van der Waals surface area contributed by atoms with E-state index < -0.39 is 0 Å². The summed E-state index contributed by atoms with van der Waals surface area (Å²) in [7, 11) is 0. The van der Waals surface area contributed by atoms with Gasteiger partial charge in [-0.15, -0.1) is 0 Å². The number of amidine groups is 1. The molecule has 5 nitrogen and oxygen atoms in total. The van der Waals surface area contributed by atoms with Gasteiger partial charge in [-0.3, -0.25) is 0 Å². The molecular formula is C13H27N3O2. The molecule has 4 N–H and O–H groups in total. The molecule has 0 spiro atoms. The van der Waals surface area contributed by atoms with Crippen LogP contribution in [0.2, 0.25) is 0 Å². The summed E-state index contributed by atoms with van der Waals surface area (Å²) in [5, 5.41) is 15.2. The van der Waals surface area contributed by atoms with Gasteiger partial charge in [0.2, 0.25) is 0 Å². The maximum absolute atomic E-state index is 8.67. The molecular weight excluding hydrogens is 230 g/mol. The smallest absolute Gasteiger partial charge is 0.144 e. The van der Waals surface area contributed by atoms with Crippen LogP contribution < -0.4 is 11.1 Å².